The van der Waals surface area contributed by atoms with Crippen LogP contribution in [0.5, 0.6) is 0 Å². The monoisotopic (exact) mass is 166 g/mol. The van der Waals surface area contributed by atoms with Crippen LogP contribution in [0.3, 0.4) is 0 Å². The third-order valence-corrected chi connectivity index (χ3v) is 3.50. The van der Waals surface area contributed by atoms with Gasteiger partial charge in [0.25, 0.3) is 0 Å². The highest BCUT2D eigenvalue weighted by Gasteiger charge is 2.20. The minimum atomic E-state index is -1.25. The molecule has 1 heterocycles. The molecule has 0 unspecified atom stereocenters. The van der Waals surface area contributed by atoms with Crippen molar-refractivity contribution in [2.24, 2.45) is 0 Å². The standard InChI is InChI=1S/C8H14N2Si/c1-7-8(11(2,3)4)10-6-5-9-7/h5-6H,1-4H3. The molecule has 0 aromatic carbocycles. The molecule has 0 amide bonds. The first-order valence-corrected chi connectivity index (χ1v) is 7.30. The van der Waals surface area contributed by atoms with E-state index < -0.39 is 8.07 Å². The molecule has 0 spiro atoms. The molecule has 1 aromatic heterocycles. The molecule has 0 atom stereocenters. The molecule has 2 nitrogen and oxygen atoms in total. The zero-order valence-corrected chi connectivity index (χ0v) is 8.55. The molecule has 0 saturated carbocycles. The largest absolute Gasteiger partial charge is 0.263 e. The lowest BCUT2D eigenvalue weighted by Crippen LogP contribution is -2.42. The van der Waals surface area contributed by atoms with Crippen molar-refractivity contribution >= 4 is 13.4 Å². The summed E-state index contributed by atoms with van der Waals surface area (Å²) in [5.41, 5.74) is 1.09. The Bertz CT molecular complexity index is 253. The number of aryl methyl sites for hydroxylation is 1. The van der Waals surface area contributed by atoms with Crippen LogP contribution < -0.4 is 5.32 Å². The van der Waals surface area contributed by atoms with Gasteiger partial charge in [0.15, 0.2) is 0 Å². The van der Waals surface area contributed by atoms with E-state index in [9.17, 15) is 0 Å². The number of aromatic nitrogens is 2. The Hall–Kier alpha value is -0.703. The highest BCUT2D eigenvalue weighted by molar-refractivity contribution is 6.88. The molecule has 0 N–H and O–H groups in total. The van der Waals surface area contributed by atoms with Gasteiger partial charge in [-0.25, -0.2) is 0 Å². The molecule has 0 saturated heterocycles. The lowest BCUT2D eigenvalue weighted by atomic mass is 10.5. The Morgan fingerprint density at radius 1 is 1.09 bits per heavy atom. The Labute approximate surface area is 68.7 Å². The minimum Gasteiger partial charge on any atom is -0.263 e. The Morgan fingerprint density at radius 3 is 2.00 bits per heavy atom. The van der Waals surface area contributed by atoms with Gasteiger partial charge in [-0.05, 0) is 6.92 Å². The maximum Gasteiger partial charge on any atom is 0.104 e. The molecule has 0 aliphatic carbocycles. The lowest BCUT2D eigenvalue weighted by Gasteiger charge is -2.16. The molecule has 3 heteroatoms. The van der Waals surface area contributed by atoms with Crippen molar-refractivity contribution in [3.05, 3.63) is 18.1 Å². The summed E-state index contributed by atoms with van der Waals surface area (Å²) in [7, 11) is -1.25. The third kappa shape index (κ3) is 1.86. The smallest absolute Gasteiger partial charge is 0.104 e. The predicted molar refractivity (Wildman–Crippen MR) is 49.7 cm³/mol. The summed E-state index contributed by atoms with van der Waals surface area (Å²) in [6.45, 7) is 8.87. The molecule has 0 fully saturated rings. The van der Waals surface area contributed by atoms with Crippen molar-refractivity contribution in [3.8, 4) is 0 Å². The van der Waals surface area contributed by atoms with E-state index in [0.717, 1.165) is 5.69 Å². The van der Waals surface area contributed by atoms with E-state index >= 15 is 0 Å². The molecule has 0 radical (unpaired) electrons. The summed E-state index contributed by atoms with van der Waals surface area (Å²) in [4.78, 5) is 8.57. The first-order valence-electron chi connectivity index (χ1n) is 3.80. The van der Waals surface area contributed by atoms with E-state index in [-0.39, 0.29) is 0 Å². The summed E-state index contributed by atoms with van der Waals surface area (Å²) >= 11 is 0. The quantitative estimate of drug-likeness (QED) is 0.588. The van der Waals surface area contributed by atoms with Gasteiger partial charge in [-0.2, -0.15) is 0 Å². The van der Waals surface area contributed by atoms with Crippen LogP contribution in [0.1, 0.15) is 5.69 Å². The number of hydrogen-bond acceptors (Lipinski definition) is 2. The fraction of sp³-hybridized carbons (Fsp3) is 0.500. The Kier molecular flexibility index (Phi) is 2.09. The molecule has 1 rings (SSSR count). The first kappa shape index (κ1) is 8.39. The van der Waals surface area contributed by atoms with Gasteiger partial charge in [0, 0.05) is 17.7 Å². The summed E-state index contributed by atoms with van der Waals surface area (Å²) < 4.78 is 0. The SMILES string of the molecule is Cc1nccnc1[Si](C)(C)C. The van der Waals surface area contributed by atoms with Gasteiger partial charge in [-0.15, -0.1) is 0 Å². The molecular weight excluding hydrogens is 152 g/mol. The number of nitrogens with zero attached hydrogens (tertiary/aromatic N) is 2. The van der Waals surface area contributed by atoms with E-state index in [0.29, 0.717) is 0 Å². The summed E-state index contributed by atoms with van der Waals surface area (Å²) in [6, 6.07) is 0. The van der Waals surface area contributed by atoms with Gasteiger partial charge in [0.1, 0.15) is 8.07 Å². The van der Waals surface area contributed by atoms with Crippen molar-refractivity contribution < 1.29 is 0 Å². The van der Waals surface area contributed by atoms with Crippen molar-refractivity contribution in [1.82, 2.24) is 9.97 Å². The summed E-state index contributed by atoms with van der Waals surface area (Å²) in [6.07, 6.45) is 3.53. The molecule has 60 valence electrons. The fourth-order valence-corrected chi connectivity index (χ4v) is 2.76. The summed E-state index contributed by atoms with van der Waals surface area (Å²) in [5, 5.41) is 1.22. The van der Waals surface area contributed by atoms with E-state index in [4.69, 9.17) is 0 Å². The van der Waals surface area contributed by atoms with Gasteiger partial charge < -0.3 is 0 Å². The summed E-state index contributed by atoms with van der Waals surface area (Å²) in [5.74, 6) is 0. The van der Waals surface area contributed by atoms with Crippen LogP contribution in [0, 0.1) is 6.92 Å². The predicted octanol–water partition coefficient (Wildman–Crippen LogP) is 1.33. The van der Waals surface area contributed by atoms with Gasteiger partial charge in [-0.3, -0.25) is 9.97 Å². The molecular formula is C8H14N2Si. The van der Waals surface area contributed by atoms with E-state index in [1.807, 2.05) is 6.92 Å². The first-order chi connectivity index (χ1) is 5.02. The highest BCUT2D eigenvalue weighted by Crippen LogP contribution is 2.00. The topological polar surface area (TPSA) is 25.8 Å². The molecule has 0 bridgehead atoms. The Morgan fingerprint density at radius 2 is 1.64 bits per heavy atom. The second-order valence-electron chi connectivity index (χ2n) is 3.74. The van der Waals surface area contributed by atoms with Gasteiger partial charge >= 0.3 is 0 Å². The van der Waals surface area contributed by atoms with Crippen molar-refractivity contribution in [2.75, 3.05) is 0 Å². The zero-order valence-electron chi connectivity index (χ0n) is 7.55. The number of hydrogen-bond donors (Lipinski definition) is 0. The van der Waals surface area contributed by atoms with Crippen LogP contribution in [0.4, 0.5) is 0 Å². The molecule has 1 aromatic rings. The maximum atomic E-state index is 4.35. The van der Waals surface area contributed by atoms with Crippen LogP contribution in [-0.4, -0.2) is 18.0 Å². The highest BCUT2D eigenvalue weighted by atomic mass is 28.3. The van der Waals surface area contributed by atoms with Crippen molar-refractivity contribution in [1.29, 1.82) is 0 Å². The van der Waals surface area contributed by atoms with Crippen LogP contribution in [0.15, 0.2) is 12.4 Å². The fourth-order valence-electron chi connectivity index (χ4n) is 1.14. The van der Waals surface area contributed by atoms with Crippen molar-refractivity contribution in [3.63, 3.8) is 0 Å². The minimum absolute atomic E-state index is 1.09. The van der Waals surface area contributed by atoms with E-state index in [1.165, 1.54) is 5.32 Å². The Balaban J connectivity index is 3.14. The van der Waals surface area contributed by atoms with Crippen LogP contribution in [0.2, 0.25) is 19.6 Å². The van der Waals surface area contributed by atoms with Crippen molar-refractivity contribution in [2.45, 2.75) is 26.6 Å². The average molecular weight is 166 g/mol. The van der Waals surface area contributed by atoms with Gasteiger partial charge in [-0.1, -0.05) is 19.6 Å². The van der Waals surface area contributed by atoms with E-state index in [1.54, 1.807) is 12.4 Å². The zero-order chi connectivity index (χ0) is 8.48. The third-order valence-electron chi connectivity index (χ3n) is 1.59. The second-order valence-corrected chi connectivity index (χ2v) is 8.71. The molecule has 0 aliphatic rings. The van der Waals surface area contributed by atoms with Gasteiger partial charge in [0.2, 0.25) is 0 Å². The number of rotatable bonds is 1. The molecule has 0 aliphatic heterocycles. The normalized spacial score (nSPS) is 11.6. The molecule has 11 heavy (non-hydrogen) atoms. The van der Waals surface area contributed by atoms with Crippen LogP contribution in [0.25, 0.3) is 0 Å². The van der Waals surface area contributed by atoms with E-state index in [2.05, 4.69) is 29.6 Å². The van der Waals surface area contributed by atoms with Crippen LogP contribution in [-0.2, 0) is 0 Å². The second kappa shape index (κ2) is 2.74. The van der Waals surface area contributed by atoms with Crippen LogP contribution >= 0.6 is 0 Å². The van der Waals surface area contributed by atoms with Gasteiger partial charge in [0.05, 0.1) is 5.69 Å². The average Bonchev–Trinajstić information content (AvgIpc) is 1.86. The lowest BCUT2D eigenvalue weighted by molar-refractivity contribution is 1.14. The maximum absolute atomic E-state index is 4.35.